The van der Waals surface area contributed by atoms with Crippen LogP contribution in [0.5, 0.6) is 0 Å². The summed E-state index contributed by atoms with van der Waals surface area (Å²) in [4.78, 5) is 12.7. The summed E-state index contributed by atoms with van der Waals surface area (Å²) in [7, 11) is -3.59. The number of carbonyl (C=O) groups is 1. The van der Waals surface area contributed by atoms with E-state index in [-0.39, 0.29) is 23.4 Å². The first-order chi connectivity index (χ1) is 12.5. The number of amides is 1. The van der Waals surface area contributed by atoms with Crippen LogP contribution in [0, 0.1) is 0 Å². The number of hydrogen-bond donors (Lipinski definition) is 2. The van der Waals surface area contributed by atoms with E-state index in [0.29, 0.717) is 5.56 Å². The number of hydrogen-bond acceptors (Lipinski definition) is 3. The summed E-state index contributed by atoms with van der Waals surface area (Å²) in [6.07, 6.45) is 3.23. The molecule has 2 N–H and O–H groups in total. The van der Waals surface area contributed by atoms with Crippen molar-refractivity contribution in [2.24, 2.45) is 0 Å². The Morgan fingerprint density at radius 1 is 1.12 bits per heavy atom. The fourth-order valence-corrected chi connectivity index (χ4v) is 3.57. The Balaban J connectivity index is 2.12. The highest BCUT2D eigenvalue weighted by molar-refractivity contribution is 7.89. The highest BCUT2D eigenvalue weighted by Gasteiger charge is 2.17. The monoisotopic (exact) mass is 372 g/mol. The van der Waals surface area contributed by atoms with Gasteiger partial charge >= 0.3 is 0 Å². The van der Waals surface area contributed by atoms with Crippen LogP contribution < -0.4 is 10.0 Å². The molecule has 0 aliphatic heterocycles. The predicted octanol–water partition coefficient (Wildman–Crippen LogP) is 3.42. The largest absolute Gasteiger partial charge is 0.345 e. The van der Waals surface area contributed by atoms with Crippen LogP contribution in [0.15, 0.2) is 72.1 Å². The van der Waals surface area contributed by atoms with Crippen molar-refractivity contribution in [1.82, 2.24) is 10.0 Å². The maximum absolute atomic E-state index is 12.5. The first-order valence-electron chi connectivity index (χ1n) is 8.54. The van der Waals surface area contributed by atoms with Crippen molar-refractivity contribution in [2.45, 2.75) is 30.7 Å². The van der Waals surface area contributed by atoms with Gasteiger partial charge < -0.3 is 5.32 Å². The summed E-state index contributed by atoms with van der Waals surface area (Å²) in [5.74, 6) is -0.227. The van der Waals surface area contributed by atoms with Gasteiger partial charge in [0, 0.05) is 12.1 Å². The summed E-state index contributed by atoms with van der Waals surface area (Å²) in [5, 5.41) is 3.03. The van der Waals surface area contributed by atoms with E-state index in [0.717, 1.165) is 18.4 Å². The lowest BCUT2D eigenvalue weighted by Gasteiger charge is -2.18. The normalized spacial score (nSPS) is 12.3. The molecule has 1 atom stereocenters. The summed E-state index contributed by atoms with van der Waals surface area (Å²) >= 11 is 0. The van der Waals surface area contributed by atoms with Gasteiger partial charge in [-0.2, -0.15) is 0 Å². The van der Waals surface area contributed by atoms with Crippen molar-refractivity contribution in [3.05, 3.63) is 78.4 Å². The Morgan fingerprint density at radius 3 is 2.35 bits per heavy atom. The van der Waals surface area contributed by atoms with Crippen molar-refractivity contribution in [1.29, 1.82) is 0 Å². The summed E-state index contributed by atoms with van der Waals surface area (Å²) in [5.41, 5.74) is 1.47. The lowest BCUT2D eigenvalue weighted by Crippen LogP contribution is -2.28. The van der Waals surface area contributed by atoms with Gasteiger partial charge in [-0.1, -0.05) is 49.8 Å². The third-order valence-corrected chi connectivity index (χ3v) is 5.37. The van der Waals surface area contributed by atoms with Crippen LogP contribution in [0.1, 0.15) is 41.7 Å². The molecular formula is C20H24N2O3S. The smallest absolute Gasteiger partial charge is 0.251 e. The molecule has 0 saturated heterocycles. The minimum Gasteiger partial charge on any atom is -0.345 e. The zero-order valence-corrected chi connectivity index (χ0v) is 15.6. The Morgan fingerprint density at radius 2 is 1.77 bits per heavy atom. The second-order valence-corrected chi connectivity index (χ2v) is 7.66. The molecule has 2 aromatic carbocycles. The average molecular weight is 372 g/mol. The molecule has 0 aliphatic carbocycles. The van der Waals surface area contributed by atoms with Gasteiger partial charge in [-0.05, 0) is 36.2 Å². The molecule has 0 heterocycles. The average Bonchev–Trinajstić information content (AvgIpc) is 2.67. The Bertz CT molecular complexity index is 831. The molecule has 1 amide bonds. The molecule has 0 aromatic heterocycles. The third-order valence-electron chi connectivity index (χ3n) is 3.93. The second-order valence-electron chi connectivity index (χ2n) is 5.89. The van der Waals surface area contributed by atoms with E-state index in [9.17, 15) is 13.2 Å². The van der Waals surface area contributed by atoms with Crippen molar-refractivity contribution < 1.29 is 13.2 Å². The number of rotatable bonds is 9. The summed E-state index contributed by atoms with van der Waals surface area (Å²) in [6, 6.07) is 15.6. The zero-order chi connectivity index (χ0) is 19.0. The molecule has 0 spiro atoms. The van der Waals surface area contributed by atoms with Crippen molar-refractivity contribution in [3.8, 4) is 0 Å². The number of sulfonamides is 1. The van der Waals surface area contributed by atoms with Gasteiger partial charge in [-0.3, -0.25) is 4.79 Å². The van der Waals surface area contributed by atoms with Crippen molar-refractivity contribution in [3.63, 3.8) is 0 Å². The first kappa shape index (κ1) is 19.9. The minimum absolute atomic E-state index is 0.0774. The number of benzene rings is 2. The van der Waals surface area contributed by atoms with Crippen molar-refractivity contribution >= 4 is 15.9 Å². The van der Waals surface area contributed by atoms with Crippen molar-refractivity contribution in [2.75, 3.05) is 6.54 Å². The predicted molar refractivity (Wildman–Crippen MR) is 103 cm³/mol. The number of carbonyl (C=O) groups excluding carboxylic acids is 1. The van der Waals surface area contributed by atoms with E-state index in [1.807, 2.05) is 30.3 Å². The molecule has 0 aliphatic rings. The lowest BCUT2D eigenvalue weighted by molar-refractivity contribution is 0.0934. The molecule has 5 nitrogen and oxygen atoms in total. The van der Waals surface area contributed by atoms with Gasteiger partial charge in [-0.25, -0.2) is 13.1 Å². The summed E-state index contributed by atoms with van der Waals surface area (Å²) in [6.45, 7) is 5.70. The minimum atomic E-state index is -3.59. The topological polar surface area (TPSA) is 75.3 Å². The molecule has 2 rings (SSSR count). The van der Waals surface area contributed by atoms with Crippen LogP contribution in [0.3, 0.4) is 0 Å². The highest BCUT2D eigenvalue weighted by atomic mass is 32.2. The van der Waals surface area contributed by atoms with E-state index < -0.39 is 10.0 Å². The van der Waals surface area contributed by atoms with Gasteiger partial charge in [0.1, 0.15) is 0 Å². The quantitative estimate of drug-likeness (QED) is 0.662. The second kappa shape index (κ2) is 9.31. The van der Waals surface area contributed by atoms with E-state index in [1.54, 1.807) is 0 Å². The first-order valence-corrected chi connectivity index (χ1v) is 10.0. The Kier molecular flexibility index (Phi) is 7.12. The van der Waals surface area contributed by atoms with Gasteiger partial charge in [0.25, 0.3) is 5.91 Å². The van der Waals surface area contributed by atoms with Crippen LogP contribution in [-0.4, -0.2) is 20.9 Å². The fraction of sp³-hybridized carbons (Fsp3) is 0.250. The molecule has 6 heteroatoms. The molecule has 0 saturated carbocycles. The van der Waals surface area contributed by atoms with Gasteiger partial charge in [0.2, 0.25) is 10.0 Å². The van der Waals surface area contributed by atoms with Gasteiger partial charge in [0.15, 0.2) is 0 Å². The molecular weight excluding hydrogens is 348 g/mol. The molecule has 0 radical (unpaired) electrons. The SMILES string of the molecule is C=CCNS(=O)(=O)c1ccc(C(=O)NC(CCC)c2ccccc2)cc1. The van der Waals surface area contributed by atoms with Crippen LogP contribution in [0.2, 0.25) is 0 Å². The molecule has 0 fully saturated rings. The lowest BCUT2D eigenvalue weighted by atomic mass is 10.0. The Labute approximate surface area is 155 Å². The molecule has 2 aromatic rings. The maximum atomic E-state index is 12.5. The number of nitrogens with one attached hydrogen (secondary N) is 2. The van der Waals surface area contributed by atoms with E-state index >= 15 is 0 Å². The van der Waals surface area contributed by atoms with Crippen LogP contribution in [0.4, 0.5) is 0 Å². The zero-order valence-electron chi connectivity index (χ0n) is 14.8. The van der Waals surface area contributed by atoms with Crippen LogP contribution >= 0.6 is 0 Å². The Hall–Kier alpha value is -2.44. The highest BCUT2D eigenvalue weighted by Crippen LogP contribution is 2.19. The van der Waals surface area contributed by atoms with Gasteiger partial charge in [-0.15, -0.1) is 6.58 Å². The van der Waals surface area contributed by atoms with Crippen LogP contribution in [-0.2, 0) is 10.0 Å². The maximum Gasteiger partial charge on any atom is 0.251 e. The standard InChI is InChI=1S/C20H24N2O3S/c1-3-8-19(16-9-6-5-7-10-16)22-20(23)17-11-13-18(14-12-17)26(24,25)21-15-4-2/h4-7,9-14,19,21H,2-3,8,15H2,1H3,(H,22,23). The molecule has 1 unspecified atom stereocenters. The van der Waals surface area contributed by atoms with E-state index in [2.05, 4.69) is 23.5 Å². The third kappa shape index (κ3) is 5.28. The molecule has 0 bridgehead atoms. The van der Waals surface area contributed by atoms with Crippen LogP contribution in [0.25, 0.3) is 0 Å². The summed E-state index contributed by atoms with van der Waals surface area (Å²) < 4.78 is 26.5. The van der Waals surface area contributed by atoms with E-state index in [1.165, 1.54) is 30.3 Å². The molecule has 138 valence electrons. The molecule has 26 heavy (non-hydrogen) atoms. The fourth-order valence-electron chi connectivity index (χ4n) is 2.58. The van der Waals surface area contributed by atoms with E-state index in [4.69, 9.17) is 0 Å². The van der Waals surface area contributed by atoms with Gasteiger partial charge in [0.05, 0.1) is 10.9 Å².